The maximum atomic E-state index is 5.60. The van der Waals surface area contributed by atoms with Crippen LogP contribution in [0.4, 0.5) is 5.69 Å². The second-order valence-electron chi connectivity index (χ2n) is 2.53. The largest absolute Gasteiger partial charge is 0.396 e. The summed E-state index contributed by atoms with van der Waals surface area (Å²) in [5.41, 5.74) is 15.6. The predicted molar refractivity (Wildman–Crippen MR) is 49.4 cm³/mol. The third kappa shape index (κ3) is 1.28. The van der Waals surface area contributed by atoms with Crippen LogP contribution in [-0.2, 0) is 0 Å². The van der Waals surface area contributed by atoms with E-state index in [2.05, 4.69) is 20.5 Å². The van der Waals surface area contributed by atoms with Crippen LogP contribution in [0.1, 0.15) is 5.69 Å². The van der Waals surface area contributed by atoms with Crippen LogP contribution in [0.5, 0.6) is 0 Å². The Morgan fingerprint density at radius 1 is 1.31 bits per heavy atom. The summed E-state index contributed by atoms with van der Waals surface area (Å²) in [6.45, 7) is 0. The van der Waals surface area contributed by atoms with Gasteiger partial charge in [-0.3, -0.25) is 5.43 Å². The first kappa shape index (κ1) is 7.53. The zero-order valence-electron chi connectivity index (χ0n) is 6.73. The zero-order chi connectivity index (χ0) is 9.26. The van der Waals surface area contributed by atoms with Crippen LogP contribution < -0.4 is 16.9 Å². The Hall–Kier alpha value is -2.11. The van der Waals surface area contributed by atoms with Crippen molar-refractivity contribution in [3.05, 3.63) is 23.9 Å². The lowest BCUT2D eigenvalue weighted by Gasteiger charge is -1.99. The Labute approximate surface area is 74.4 Å². The standard InChI is InChI=1S/C7H8N6/c8-4-1-5-6(2-10-3-11-5)12-13-7(4)9/h1-3,12H,8H2,(H2,9,13). The summed E-state index contributed by atoms with van der Waals surface area (Å²) in [6.07, 6.45) is 4.69. The van der Waals surface area contributed by atoms with Crippen molar-refractivity contribution in [2.45, 2.75) is 0 Å². The number of hydrazone groups is 1. The molecule has 2 rings (SSSR count). The average Bonchev–Trinajstić information content (AvgIpc) is 2.28. The predicted octanol–water partition coefficient (Wildman–Crippen LogP) is -0.526. The number of aromatic nitrogens is 2. The van der Waals surface area contributed by atoms with E-state index in [-0.39, 0.29) is 5.84 Å². The molecule has 0 aliphatic carbocycles. The van der Waals surface area contributed by atoms with Gasteiger partial charge in [-0.1, -0.05) is 0 Å². The molecule has 2 heterocycles. The van der Waals surface area contributed by atoms with E-state index in [1.54, 1.807) is 12.3 Å². The van der Waals surface area contributed by atoms with Gasteiger partial charge in [0.15, 0.2) is 5.84 Å². The Kier molecular flexibility index (Phi) is 1.59. The number of nitrogens with zero attached hydrogens (tertiary/aromatic N) is 3. The molecule has 6 heteroatoms. The second kappa shape index (κ2) is 2.74. The van der Waals surface area contributed by atoms with Gasteiger partial charge in [-0.15, -0.1) is 0 Å². The lowest BCUT2D eigenvalue weighted by molar-refractivity contribution is 1.14. The van der Waals surface area contributed by atoms with E-state index in [4.69, 9.17) is 11.5 Å². The van der Waals surface area contributed by atoms with E-state index in [0.717, 1.165) is 0 Å². The highest BCUT2D eigenvalue weighted by Gasteiger charge is 2.07. The number of fused-ring (bicyclic) bond motifs is 1. The van der Waals surface area contributed by atoms with E-state index >= 15 is 0 Å². The Bertz CT molecular complexity index is 394. The number of hydrogen-bond acceptors (Lipinski definition) is 6. The molecule has 0 spiro atoms. The van der Waals surface area contributed by atoms with Gasteiger partial charge < -0.3 is 11.5 Å². The summed E-state index contributed by atoms with van der Waals surface area (Å²) in [5.74, 6) is 0.248. The summed E-state index contributed by atoms with van der Waals surface area (Å²) in [4.78, 5) is 7.84. The Morgan fingerprint density at radius 3 is 3.00 bits per heavy atom. The minimum absolute atomic E-state index is 0.248. The molecule has 0 bridgehead atoms. The molecule has 0 amide bonds. The Balaban J connectivity index is 2.54. The number of anilines is 1. The van der Waals surface area contributed by atoms with Gasteiger partial charge in [0, 0.05) is 0 Å². The summed E-state index contributed by atoms with van der Waals surface area (Å²) in [6, 6.07) is 0. The molecule has 13 heavy (non-hydrogen) atoms. The molecule has 0 saturated heterocycles. The molecule has 0 saturated carbocycles. The molecule has 0 atom stereocenters. The highest BCUT2D eigenvalue weighted by Crippen LogP contribution is 2.15. The van der Waals surface area contributed by atoms with Crippen LogP contribution in [0.2, 0.25) is 0 Å². The summed E-state index contributed by atoms with van der Waals surface area (Å²) in [5, 5.41) is 3.82. The minimum atomic E-state index is 0.248. The molecule has 1 aromatic heterocycles. The van der Waals surface area contributed by atoms with Gasteiger partial charge in [-0.25, -0.2) is 9.97 Å². The van der Waals surface area contributed by atoms with E-state index in [1.807, 2.05) is 0 Å². The number of nitrogens with two attached hydrogens (primary N) is 2. The van der Waals surface area contributed by atoms with Crippen molar-refractivity contribution >= 4 is 17.6 Å². The van der Waals surface area contributed by atoms with Gasteiger partial charge >= 0.3 is 0 Å². The zero-order valence-corrected chi connectivity index (χ0v) is 6.73. The van der Waals surface area contributed by atoms with Crippen molar-refractivity contribution in [1.82, 2.24) is 9.97 Å². The maximum Gasteiger partial charge on any atom is 0.166 e. The molecule has 0 unspecified atom stereocenters. The lowest BCUT2D eigenvalue weighted by Crippen LogP contribution is -2.20. The van der Waals surface area contributed by atoms with E-state index in [1.165, 1.54) is 6.33 Å². The van der Waals surface area contributed by atoms with Crippen molar-refractivity contribution in [2.24, 2.45) is 16.6 Å². The molecular weight excluding hydrogens is 168 g/mol. The molecule has 1 aromatic rings. The Morgan fingerprint density at radius 2 is 2.15 bits per heavy atom. The van der Waals surface area contributed by atoms with Crippen molar-refractivity contribution < 1.29 is 0 Å². The normalized spacial score (nSPS) is 14.8. The fourth-order valence-electron chi connectivity index (χ4n) is 0.946. The van der Waals surface area contributed by atoms with Crippen LogP contribution in [0.3, 0.4) is 0 Å². The van der Waals surface area contributed by atoms with Crippen molar-refractivity contribution in [3.8, 4) is 0 Å². The summed E-state index contributed by atoms with van der Waals surface area (Å²) >= 11 is 0. The van der Waals surface area contributed by atoms with Crippen molar-refractivity contribution in [2.75, 3.05) is 5.43 Å². The van der Waals surface area contributed by atoms with Gasteiger partial charge in [-0.2, -0.15) is 5.10 Å². The molecule has 5 N–H and O–H groups in total. The number of amidine groups is 1. The highest BCUT2D eigenvalue weighted by atomic mass is 15.3. The summed E-state index contributed by atoms with van der Waals surface area (Å²) < 4.78 is 0. The van der Waals surface area contributed by atoms with Crippen LogP contribution in [-0.4, -0.2) is 15.8 Å². The van der Waals surface area contributed by atoms with Gasteiger partial charge in [0.2, 0.25) is 0 Å². The molecule has 0 fully saturated rings. The van der Waals surface area contributed by atoms with E-state index < -0.39 is 0 Å². The monoisotopic (exact) mass is 176 g/mol. The number of nitrogens with one attached hydrogen (secondary N) is 1. The van der Waals surface area contributed by atoms with Gasteiger partial charge in [0.25, 0.3) is 0 Å². The molecular formula is C7H8N6. The van der Waals surface area contributed by atoms with E-state index in [0.29, 0.717) is 17.1 Å². The molecule has 6 nitrogen and oxygen atoms in total. The van der Waals surface area contributed by atoms with Crippen LogP contribution in [0, 0.1) is 0 Å². The SMILES string of the molecule is NC1=Cc2ncncc2NN=C1N. The second-order valence-corrected chi connectivity index (χ2v) is 2.53. The topological polar surface area (TPSA) is 102 Å². The number of hydrogen-bond donors (Lipinski definition) is 3. The maximum absolute atomic E-state index is 5.60. The smallest absolute Gasteiger partial charge is 0.166 e. The first-order chi connectivity index (χ1) is 6.27. The van der Waals surface area contributed by atoms with Crippen LogP contribution >= 0.6 is 0 Å². The van der Waals surface area contributed by atoms with Gasteiger partial charge in [-0.05, 0) is 6.08 Å². The van der Waals surface area contributed by atoms with Crippen molar-refractivity contribution in [1.29, 1.82) is 0 Å². The molecule has 0 aromatic carbocycles. The molecule has 1 aliphatic heterocycles. The first-order valence-corrected chi connectivity index (χ1v) is 3.64. The van der Waals surface area contributed by atoms with Crippen LogP contribution in [0.15, 0.2) is 23.3 Å². The minimum Gasteiger partial charge on any atom is -0.396 e. The number of rotatable bonds is 0. The van der Waals surface area contributed by atoms with Crippen LogP contribution in [0.25, 0.3) is 6.08 Å². The molecule has 1 aliphatic rings. The van der Waals surface area contributed by atoms with Gasteiger partial charge in [0.1, 0.15) is 12.0 Å². The fourth-order valence-corrected chi connectivity index (χ4v) is 0.946. The fraction of sp³-hybridized carbons (Fsp3) is 0. The molecule has 66 valence electrons. The quantitative estimate of drug-likeness (QED) is 0.493. The lowest BCUT2D eigenvalue weighted by atomic mass is 10.3. The van der Waals surface area contributed by atoms with E-state index in [9.17, 15) is 0 Å². The highest BCUT2D eigenvalue weighted by molar-refractivity contribution is 6.01. The summed E-state index contributed by atoms with van der Waals surface area (Å²) in [7, 11) is 0. The molecule has 0 radical (unpaired) electrons. The third-order valence-corrected chi connectivity index (χ3v) is 1.63. The van der Waals surface area contributed by atoms with Gasteiger partial charge in [0.05, 0.1) is 17.6 Å². The first-order valence-electron chi connectivity index (χ1n) is 3.64. The third-order valence-electron chi connectivity index (χ3n) is 1.63. The average molecular weight is 176 g/mol. The van der Waals surface area contributed by atoms with Crippen molar-refractivity contribution in [3.63, 3.8) is 0 Å².